The molecule has 3 heterocycles. The first kappa shape index (κ1) is 22.5. The van der Waals surface area contributed by atoms with Crippen LogP contribution in [0.25, 0.3) is 0 Å². The number of carbonyl (C=O) groups is 2. The van der Waals surface area contributed by atoms with Crippen molar-refractivity contribution in [2.45, 2.75) is 52.0 Å². The van der Waals surface area contributed by atoms with Crippen molar-refractivity contribution >= 4 is 11.9 Å². The normalized spacial score (nSPS) is 17.5. The van der Waals surface area contributed by atoms with Crippen LogP contribution in [0, 0.1) is 11.2 Å². The molecule has 2 aliphatic heterocycles. The van der Waals surface area contributed by atoms with Crippen molar-refractivity contribution < 1.29 is 23.5 Å². The fourth-order valence-corrected chi connectivity index (χ4v) is 4.56. The van der Waals surface area contributed by atoms with Crippen molar-refractivity contribution in [3.8, 4) is 0 Å². The van der Waals surface area contributed by atoms with Crippen LogP contribution in [0.2, 0.25) is 0 Å². The average molecular weight is 444 g/mol. The molecule has 172 valence electrons. The van der Waals surface area contributed by atoms with E-state index in [0.29, 0.717) is 31.5 Å². The number of unbranched alkanes of at least 4 members (excludes halogenated alkanes) is 1. The van der Waals surface area contributed by atoms with Gasteiger partial charge in [0.1, 0.15) is 5.82 Å². The second-order valence-corrected chi connectivity index (χ2v) is 8.67. The summed E-state index contributed by atoms with van der Waals surface area (Å²) in [6.07, 6.45) is 4.82. The standard InChI is InChI=1S/C24H30FN3O4/c1-2-19-21-20(15-24(16-26-22(21)29)9-13-31-14-10-24)28(27-19)11-3-4-12-32-23(30)17-5-7-18(25)8-6-17/h5-8H,2-4,9-16H2,1H3,(H,26,29). The number of amides is 1. The van der Waals surface area contributed by atoms with E-state index < -0.39 is 5.97 Å². The van der Waals surface area contributed by atoms with Gasteiger partial charge in [0.05, 0.1) is 29.1 Å². The zero-order valence-corrected chi connectivity index (χ0v) is 18.5. The smallest absolute Gasteiger partial charge is 0.338 e. The van der Waals surface area contributed by atoms with Crippen molar-refractivity contribution in [3.63, 3.8) is 0 Å². The quantitative estimate of drug-likeness (QED) is 0.525. The number of ether oxygens (including phenoxy) is 2. The van der Waals surface area contributed by atoms with Gasteiger partial charge in [-0.15, -0.1) is 0 Å². The van der Waals surface area contributed by atoms with Gasteiger partial charge in [-0.05, 0) is 68.2 Å². The highest BCUT2D eigenvalue weighted by Crippen LogP contribution is 2.37. The van der Waals surface area contributed by atoms with Crippen molar-refractivity contribution in [1.29, 1.82) is 0 Å². The van der Waals surface area contributed by atoms with Crippen LogP contribution in [-0.4, -0.2) is 48.0 Å². The van der Waals surface area contributed by atoms with Crippen LogP contribution in [0.4, 0.5) is 4.39 Å². The third-order valence-corrected chi connectivity index (χ3v) is 6.49. The number of halogens is 1. The molecule has 0 radical (unpaired) electrons. The molecule has 1 aromatic heterocycles. The Bertz CT molecular complexity index is 964. The molecular formula is C24H30FN3O4. The molecule has 0 atom stereocenters. The Balaban J connectivity index is 1.38. The molecule has 8 heteroatoms. The molecule has 0 unspecified atom stereocenters. The highest BCUT2D eigenvalue weighted by molar-refractivity contribution is 5.97. The molecule has 1 aromatic carbocycles. The number of aromatic nitrogens is 2. The Kier molecular flexibility index (Phi) is 6.89. The molecule has 7 nitrogen and oxygen atoms in total. The molecule has 0 saturated carbocycles. The number of nitrogens with one attached hydrogen (secondary N) is 1. The van der Waals surface area contributed by atoms with Crippen LogP contribution >= 0.6 is 0 Å². The summed E-state index contributed by atoms with van der Waals surface area (Å²) < 4.78 is 25.8. The number of hydrogen-bond donors (Lipinski definition) is 1. The fourth-order valence-electron chi connectivity index (χ4n) is 4.56. The van der Waals surface area contributed by atoms with E-state index in [2.05, 4.69) is 5.32 Å². The number of hydrogen-bond acceptors (Lipinski definition) is 5. The SMILES string of the molecule is CCc1nn(CCCCOC(=O)c2ccc(F)cc2)c2c1C(=O)NCC1(CCOCC1)C2. The number of esters is 1. The maximum Gasteiger partial charge on any atom is 0.338 e. The highest BCUT2D eigenvalue weighted by Gasteiger charge is 2.39. The van der Waals surface area contributed by atoms with Crippen molar-refractivity contribution in [3.05, 3.63) is 52.6 Å². The largest absolute Gasteiger partial charge is 0.462 e. The van der Waals surface area contributed by atoms with Gasteiger partial charge < -0.3 is 14.8 Å². The van der Waals surface area contributed by atoms with Crippen molar-refractivity contribution in [2.75, 3.05) is 26.4 Å². The summed E-state index contributed by atoms with van der Waals surface area (Å²) in [7, 11) is 0. The van der Waals surface area contributed by atoms with Crippen molar-refractivity contribution in [1.82, 2.24) is 15.1 Å². The van der Waals surface area contributed by atoms with Crippen molar-refractivity contribution in [2.24, 2.45) is 5.41 Å². The summed E-state index contributed by atoms with van der Waals surface area (Å²) in [6, 6.07) is 5.32. The second-order valence-electron chi connectivity index (χ2n) is 8.67. The van der Waals surface area contributed by atoms with Gasteiger partial charge >= 0.3 is 5.97 Å². The van der Waals surface area contributed by atoms with Gasteiger partial charge in [-0.3, -0.25) is 9.48 Å². The van der Waals surface area contributed by atoms with Gasteiger partial charge in [-0.2, -0.15) is 5.10 Å². The molecule has 2 aliphatic rings. The number of rotatable bonds is 7. The lowest BCUT2D eigenvalue weighted by atomic mass is 9.76. The topological polar surface area (TPSA) is 82.5 Å². The number of nitrogens with zero attached hydrogens (tertiary/aromatic N) is 2. The summed E-state index contributed by atoms with van der Waals surface area (Å²) in [6.45, 7) is 5.08. The van der Waals surface area contributed by atoms with Gasteiger partial charge in [0.2, 0.25) is 0 Å². The van der Waals surface area contributed by atoms with Gasteiger partial charge in [0.15, 0.2) is 0 Å². The van der Waals surface area contributed by atoms with Gasteiger partial charge in [-0.1, -0.05) is 6.92 Å². The molecule has 0 aliphatic carbocycles. The van der Waals surface area contributed by atoms with Crippen LogP contribution < -0.4 is 5.32 Å². The summed E-state index contributed by atoms with van der Waals surface area (Å²) in [4.78, 5) is 24.9. The maximum atomic E-state index is 13.0. The number of benzene rings is 1. The predicted molar refractivity (Wildman–Crippen MR) is 116 cm³/mol. The summed E-state index contributed by atoms with van der Waals surface area (Å²) in [5.41, 5.74) is 2.95. The first-order chi connectivity index (χ1) is 15.5. The lowest BCUT2D eigenvalue weighted by molar-refractivity contribution is 0.0152. The van der Waals surface area contributed by atoms with Gasteiger partial charge in [0.25, 0.3) is 5.91 Å². The molecule has 32 heavy (non-hydrogen) atoms. The molecular weight excluding hydrogens is 413 g/mol. The monoisotopic (exact) mass is 443 g/mol. The van der Waals surface area contributed by atoms with Crippen LogP contribution in [0.5, 0.6) is 0 Å². The molecule has 1 spiro atoms. The van der Waals surface area contributed by atoms with E-state index >= 15 is 0 Å². The summed E-state index contributed by atoms with van der Waals surface area (Å²) in [5, 5.41) is 7.88. The van der Waals surface area contributed by atoms with Gasteiger partial charge in [0, 0.05) is 26.3 Å². The van der Waals surface area contributed by atoms with E-state index in [4.69, 9.17) is 14.6 Å². The molecule has 0 bridgehead atoms. The number of fused-ring (bicyclic) bond motifs is 1. The Morgan fingerprint density at radius 3 is 2.72 bits per heavy atom. The van der Waals surface area contributed by atoms with Crippen LogP contribution in [-0.2, 0) is 28.9 Å². The van der Waals surface area contributed by atoms with E-state index in [1.807, 2.05) is 11.6 Å². The molecule has 1 saturated heterocycles. The summed E-state index contributed by atoms with van der Waals surface area (Å²) in [5.74, 6) is -0.869. The minimum absolute atomic E-state index is 0.0205. The van der Waals surface area contributed by atoms with E-state index in [0.717, 1.165) is 55.8 Å². The molecule has 4 rings (SSSR count). The first-order valence-electron chi connectivity index (χ1n) is 11.4. The molecule has 2 aromatic rings. The van der Waals surface area contributed by atoms with Gasteiger partial charge in [-0.25, -0.2) is 9.18 Å². The highest BCUT2D eigenvalue weighted by atomic mass is 19.1. The Labute approximate surface area is 187 Å². The summed E-state index contributed by atoms with van der Waals surface area (Å²) >= 11 is 0. The Morgan fingerprint density at radius 2 is 2.00 bits per heavy atom. The zero-order chi connectivity index (χ0) is 22.6. The minimum atomic E-state index is -0.454. The number of carbonyl (C=O) groups excluding carboxylic acids is 2. The number of aryl methyl sites for hydroxylation is 2. The fraction of sp³-hybridized carbons (Fsp3) is 0.542. The third-order valence-electron chi connectivity index (χ3n) is 6.49. The lowest BCUT2D eigenvalue weighted by Gasteiger charge is -2.36. The zero-order valence-electron chi connectivity index (χ0n) is 18.5. The van der Waals surface area contributed by atoms with E-state index in [-0.39, 0.29) is 23.7 Å². The van der Waals surface area contributed by atoms with E-state index in [1.54, 1.807) is 0 Å². The molecule has 1 fully saturated rings. The third kappa shape index (κ3) is 4.85. The van der Waals surface area contributed by atoms with E-state index in [1.165, 1.54) is 24.3 Å². The maximum absolute atomic E-state index is 13.0. The van der Waals surface area contributed by atoms with Crippen LogP contribution in [0.1, 0.15) is 64.7 Å². The van der Waals surface area contributed by atoms with E-state index in [9.17, 15) is 14.0 Å². The predicted octanol–water partition coefficient (Wildman–Crippen LogP) is 3.30. The molecule has 1 amide bonds. The average Bonchev–Trinajstić information content (AvgIpc) is 3.08. The minimum Gasteiger partial charge on any atom is -0.462 e. The Morgan fingerprint density at radius 1 is 1.25 bits per heavy atom. The van der Waals surface area contributed by atoms with Crippen LogP contribution in [0.3, 0.4) is 0 Å². The first-order valence-corrected chi connectivity index (χ1v) is 11.4. The second kappa shape index (κ2) is 9.81. The van der Waals surface area contributed by atoms with Crippen LogP contribution in [0.15, 0.2) is 24.3 Å². The lowest BCUT2D eigenvalue weighted by Crippen LogP contribution is -2.40. The Hall–Kier alpha value is -2.74. The molecule has 1 N–H and O–H groups in total.